The molecule has 10 saturated carbocycles. The van der Waals surface area contributed by atoms with Crippen LogP contribution in [0.3, 0.4) is 0 Å². The van der Waals surface area contributed by atoms with Crippen LogP contribution in [-0.4, -0.2) is 149 Å². The SMILES string of the molecule is FC1C(F)C(F)C(C2CC(C3CCC(N4C5CCNCC5C5CC(N(C6CCCCC6)C6CCCCC6)CCC54)CC3)CC(C3CCC(N4C5CCNCC5C5CC(N(C6CCCCC6)C6CCCCC6)CCC54)CC3)C2)C(F)C1F. The minimum absolute atomic E-state index is 0.316. The molecule has 2 N–H and O–H groups in total. The fourth-order valence-corrected chi connectivity index (χ4v) is 24.7. The predicted molar refractivity (Wildman–Crippen MR) is 318 cm³/mol. The minimum Gasteiger partial charge on any atom is -0.316 e. The lowest BCUT2D eigenvalue weighted by atomic mass is 9.58. The zero-order chi connectivity index (χ0) is 54.7. The normalized spacial score (nSPS) is 48.9. The first kappa shape index (κ1) is 58.1. The summed E-state index contributed by atoms with van der Waals surface area (Å²) in [5, 5.41) is 7.81. The molecule has 6 nitrogen and oxygen atoms in total. The highest BCUT2D eigenvalue weighted by molar-refractivity contribution is 5.12. The molecule has 10 aliphatic carbocycles. The highest BCUT2D eigenvalue weighted by Crippen LogP contribution is 2.57. The number of likely N-dealkylation sites (tertiary alicyclic amines) is 2. The molecule has 0 radical (unpaired) electrons. The van der Waals surface area contributed by atoms with Crippen LogP contribution in [0.4, 0.5) is 22.0 Å². The molecule has 0 amide bonds. The summed E-state index contributed by atoms with van der Waals surface area (Å²) < 4.78 is 78.3. The quantitative estimate of drug-likeness (QED) is 0.201. The van der Waals surface area contributed by atoms with Gasteiger partial charge in [0.05, 0.1) is 0 Å². The standard InChI is InChI=1S/C70H115F5N6/c71-66-65(67(72)69(74)70(75)68(66)73)48-38-46(44-21-25-53(26-22-44)80-61-31-29-55(40-57(61)59-42-76-35-33-63(59)80)78(49-13-5-1-6-14-49)50-15-7-2-8-16-50)37-47(39-48)45-23-27-54(28-24-45)81-62-32-30-56(41-58(62)60-43-77-36-34-64(60)81)79(51-17-9-3-10-18-51)52-19-11-4-12-20-52/h44-70,76-77H,1-43H2. The van der Waals surface area contributed by atoms with Crippen LogP contribution in [0.5, 0.6) is 0 Å². The maximum atomic E-state index is 16.3. The van der Waals surface area contributed by atoms with Crippen molar-refractivity contribution in [2.24, 2.45) is 59.2 Å². The van der Waals surface area contributed by atoms with Gasteiger partial charge in [0.1, 0.15) is 12.3 Å². The summed E-state index contributed by atoms with van der Waals surface area (Å²) in [5.74, 6) is 2.83. The Kier molecular flexibility index (Phi) is 18.6. The Morgan fingerprint density at radius 1 is 0.272 bits per heavy atom. The van der Waals surface area contributed by atoms with Gasteiger partial charge < -0.3 is 10.6 Å². The molecule has 16 unspecified atom stereocenters. The molecule has 0 spiro atoms. The Hall–Kier alpha value is -0.590. The fraction of sp³-hybridized carbons (Fsp3) is 1.00. The number of nitrogens with one attached hydrogen (secondary N) is 2. The van der Waals surface area contributed by atoms with Gasteiger partial charge in [-0.3, -0.25) is 19.6 Å². The summed E-state index contributed by atoms with van der Waals surface area (Å²) in [6, 6.07) is 8.66. The number of nitrogens with zero attached hydrogens (tertiary/aromatic N) is 4. The molecule has 11 heteroatoms. The van der Waals surface area contributed by atoms with Crippen molar-refractivity contribution in [3.63, 3.8) is 0 Å². The minimum atomic E-state index is -2.72. The van der Waals surface area contributed by atoms with Crippen molar-refractivity contribution in [3.8, 4) is 0 Å². The van der Waals surface area contributed by atoms with E-state index in [0.717, 1.165) is 105 Å². The molecule has 14 fully saturated rings. The molecule has 4 aliphatic heterocycles. The van der Waals surface area contributed by atoms with E-state index in [-0.39, 0.29) is 0 Å². The van der Waals surface area contributed by atoms with E-state index >= 15 is 17.6 Å². The van der Waals surface area contributed by atoms with Gasteiger partial charge in [-0.05, 0) is 253 Å². The number of piperidine rings is 2. The predicted octanol–water partition coefficient (Wildman–Crippen LogP) is 15.1. The number of hydrogen-bond donors (Lipinski definition) is 2. The van der Waals surface area contributed by atoms with Crippen molar-refractivity contribution in [2.45, 2.75) is 354 Å². The van der Waals surface area contributed by atoms with Crippen molar-refractivity contribution in [1.82, 2.24) is 30.2 Å². The lowest BCUT2D eigenvalue weighted by molar-refractivity contribution is -0.118. The molecule has 0 bridgehead atoms. The van der Waals surface area contributed by atoms with Gasteiger partial charge in [-0.1, -0.05) is 77.0 Å². The topological polar surface area (TPSA) is 37.0 Å². The molecule has 4 saturated heterocycles. The molecule has 0 aromatic carbocycles. The number of hydrogen-bond acceptors (Lipinski definition) is 6. The van der Waals surface area contributed by atoms with Gasteiger partial charge in [-0.15, -0.1) is 0 Å². The highest BCUT2D eigenvalue weighted by Gasteiger charge is 2.60. The van der Waals surface area contributed by atoms with Crippen molar-refractivity contribution in [1.29, 1.82) is 0 Å². The lowest BCUT2D eigenvalue weighted by Crippen LogP contribution is -2.56. The van der Waals surface area contributed by atoms with E-state index in [9.17, 15) is 4.39 Å². The first-order valence-corrected chi connectivity index (χ1v) is 36.5. The van der Waals surface area contributed by atoms with Gasteiger partial charge >= 0.3 is 0 Å². The fourth-order valence-electron chi connectivity index (χ4n) is 24.7. The molecular formula is C70H115F5N6. The van der Waals surface area contributed by atoms with Gasteiger partial charge in [0.2, 0.25) is 0 Å². The van der Waals surface area contributed by atoms with Crippen LogP contribution < -0.4 is 10.6 Å². The van der Waals surface area contributed by atoms with Crippen molar-refractivity contribution in [2.75, 3.05) is 26.2 Å². The first-order chi connectivity index (χ1) is 39.8. The van der Waals surface area contributed by atoms with E-state index in [1.54, 1.807) is 0 Å². The van der Waals surface area contributed by atoms with Crippen LogP contribution in [0.25, 0.3) is 0 Å². The second kappa shape index (κ2) is 25.9. The second-order valence-electron chi connectivity index (χ2n) is 31.7. The average molecular weight is 1140 g/mol. The Labute approximate surface area is 489 Å². The van der Waals surface area contributed by atoms with Crippen LogP contribution in [0.1, 0.15) is 250 Å². The highest BCUT2D eigenvalue weighted by atomic mass is 19.2. The number of fused-ring (bicyclic) bond motifs is 6. The molecular weight excluding hydrogens is 1020 g/mol. The summed E-state index contributed by atoms with van der Waals surface area (Å²) in [6.07, 6.45) is 38.6. The van der Waals surface area contributed by atoms with Crippen LogP contribution in [-0.2, 0) is 0 Å². The van der Waals surface area contributed by atoms with Crippen molar-refractivity contribution >= 4 is 0 Å². The molecule has 460 valence electrons. The van der Waals surface area contributed by atoms with E-state index in [4.69, 9.17) is 0 Å². The van der Waals surface area contributed by atoms with Crippen LogP contribution in [0.2, 0.25) is 0 Å². The van der Waals surface area contributed by atoms with Gasteiger partial charge in [0, 0.05) is 78.4 Å². The summed E-state index contributed by atoms with van der Waals surface area (Å²) >= 11 is 0. The molecule has 14 rings (SSSR count). The van der Waals surface area contributed by atoms with E-state index in [0.29, 0.717) is 72.8 Å². The maximum Gasteiger partial charge on any atom is 0.168 e. The van der Waals surface area contributed by atoms with Crippen LogP contribution >= 0.6 is 0 Å². The average Bonchev–Trinajstić information content (AvgIpc) is 4.04. The van der Waals surface area contributed by atoms with Crippen LogP contribution in [0.15, 0.2) is 0 Å². The van der Waals surface area contributed by atoms with E-state index in [1.165, 1.54) is 219 Å². The third kappa shape index (κ3) is 11.5. The Bertz CT molecular complexity index is 1810. The van der Waals surface area contributed by atoms with Gasteiger partial charge in [0.25, 0.3) is 0 Å². The van der Waals surface area contributed by atoms with Gasteiger partial charge in [0.15, 0.2) is 18.5 Å². The maximum absolute atomic E-state index is 16.3. The van der Waals surface area contributed by atoms with E-state index in [2.05, 4.69) is 30.2 Å². The lowest BCUT2D eigenvalue weighted by Gasteiger charge is -2.51. The molecule has 81 heavy (non-hydrogen) atoms. The van der Waals surface area contributed by atoms with Crippen molar-refractivity contribution in [3.05, 3.63) is 0 Å². The smallest absolute Gasteiger partial charge is 0.168 e. The molecule has 0 aromatic rings. The summed E-state index contributed by atoms with van der Waals surface area (Å²) in [5.41, 5.74) is 0. The second-order valence-corrected chi connectivity index (χ2v) is 31.7. The zero-order valence-electron chi connectivity index (χ0n) is 50.7. The molecule has 16 atom stereocenters. The Balaban J connectivity index is 0.652. The van der Waals surface area contributed by atoms with Crippen LogP contribution in [0, 0.1) is 59.2 Å². The van der Waals surface area contributed by atoms with Gasteiger partial charge in [-0.25, -0.2) is 22.0 Å². The Morgan fingerprint density at radius 2 is 0.605 bits per heavy atom. The molecule has 4 heterocycles. The largest absolute Gasteiger partial charge is 0.316 e. The number of halogens is 5. The molecule has 14 aliphatic rings. The first-order valence-electron chi connectivity index (χ1n) is 36.5. The van der Waals surface area contributed by atoms with Gasteiger partial charge in [-0.2, -0.15) is 0 Å². The molecule has 0 aromatic heterocycles. The summed E-state index contributed by atoms with van der Waals surface area (Å²) in [7, 11) is 0. The third-order valence-corrected chi connectivity index (χ3v) is 28.1. The van der Waals surface area contributed by atoms with Crippen molar-refractivity contribution < 1.29 is 22.0 Å². The Morgan fingerprint density at radius 3 is 0.975 bits per heavy atom. The number of alkyl halides is 5. The van der Waals surface area contributed by atoms with E-state index < -0.39 is 42.7 Å². The monoisotopic (exact) mass is 1130 g/mol. The summed E-state index contributed by atoms with van der Waals surface area (Å²) in [6.45, 7) is 4.62. The van der Waals surface area contributed by atoms with E-state index in [1.807, 2.05) is 0 Å². The zero-order valence-corrected chi connectivity index (χ0v) is 50.7. The number of rotatable bonds is 11. The summed E-state index contributed by atoms with van der Waals surface area (Å²) in [4.78, 5) is 12.7. The third-order valence-electron chi connectivity index (χ3n) is 28.1.